The molecule has 0 saturated heterocycles. The Balaban J connectivity index is 2.20. The number of hydrogen-bond acceptors (Lipinski definition) is 3. The lowest BCUT2D eigenvalue weighted by molar-refractivity contribution is 0.0990. The Morgan fingerprint density at radius 1 is 1.43 bits per heavy atom. The molecule has 0 N–H and O–H groups in total. The third-order valence-corrected chi connectivity index (χ3v) is 4.15. The van der Waals surface area contributed by atoms with Crippen LogP contribution in [0.5, 0.6) is 5.75 Å². The highest BCUT2D eigenvalue weighted by molar-refractivity contribution is 9.10. The van der Waals surface area contributed by atoms with Crippen LogP contribution < -0.4 is 4.74 Å². The molecule has 4 nitrogen and oxygen atoms in total. The summed E-state index contributed by atoms with van der Waals surface area (Å²) < 4.78 is 8.27. The van der Waals surface area contributed by atoms with Crippen LogP contribution in [0, 0.1) is 6.92 Å². The van der Waals surface area contributed by atoms with Crippen molar-refractivity contribution in [3.8, 4) is 5.75 Å². The molecule has 0 unspecified atom stereocenters. The Hall–Kier alpha value is -1.62. The minimum absolute atomic E-state index is 0.0490. The van der Waals surface area contributed by atoms with Gasteiger partial charge in [0.05, 0.1) is 28.4 Å². The minimum Gasteiger partial charge on any atom is -0.491 e. The van der Waals surface area contributed by atoms with Gasteiger partial charge in [-0.2, -0.15) is 5.10 Å². The zero-order valence-corrected chi connectivity index (χ0v) is 14.3. The van der Waals surface area contributed by atoms with Gasteiger partial charge in [0.25, 0.3) is 0 Å². The molecule has 1 heterocycles. The molecular formula is C16H19BrN2O2. The number of Topliss-reactive ketones (excluding diaryl/α,β-unsaturated/α-hetero) is 1. The van der Waals surface area contributed by atoms with E-state index in [0.717, 1.165) is 21.6 Å². The number of benzene rings is 1. The summed E-state index contributed by atoms with van der Waals surface area (Å²) in [4.78, 5) is 12.4. The lowest BCUT2D eigenvalue weighted by Crippen LogP contribution is -2.10. The average Bonchev–Trinajstić information content (AvgIpc) is 2.65. The highest BCUT2D eigenvalue weighted by Gasteiger charge is 2.16. The number of hydrogen-bond donors (Lipinski definition) is 0. The third-order valence-electron chi connectivity index (χ3n) is 3.12. The summed E-state index contributed by atoms with van der Waals surface area (Å²) in [6.07, 6.45) is 0.396. The van der Waals surface area contributed by atoms with Crippen molar-refractivity contribution in [2.75, 3.05) is 0 Å². The van der Waals surface area contributed by atoms with Gasteiger partial charge in [-0.1, -0.05) is 12.1 Å². The Bertz CT molecular complexity index is 662. The molecule has 21 heavy (non-hydrogen) atoms. The molecule has 0 spiro atoms. The maximum atomic E-state index is 12.4. The van der Waals surface area contributed by atoms with Crippen LogP contribution >= 0.6 is 15.9 Å². The molecule has 0 fully saturated rings. The van der Waals surface area contributed by atoms with Gasteiger partial charge in [0, 0.05) is 12.6 Å². The number of carbonyl (C=O) groups excluding carboxylic acids is 1. The number of rotatable bonds is 5. The Kier molecular flexibility index (Phi) is 4.83. The summed E-state index contributed by atoms with van der Waals surface area (Å²) in [7, 11) is 1.85. The lowest BCUT2D eigenvalue weighted by Gasteiger charge is -2.10. The van der Waals surface area contributed by atoms with E-state index < -0.39 is 0 Å². The van der Waals surface area contributed by atoms with E-state index in [1.165, 1.54) is 0 Å². The summed E-state index contributed by atoms with van der Waals surface area (Å²) in [5.74, 6) is 0.768. The molecule has 0 amide bonds. The second kappa shape index (κ2) is 6.43. The molecule has 112 valence electrons. The SMILES string of the molecule is Cc1nn(C)c(CC(=O)c2cccc(OC(C)C)c2)c1Br. The number of carbonyl (C=O) groups is 1. The summed E-state index contributed by atoms with van der Waals surface area (Å²) in [6.45, 7) is 5.84. The number of nitrogens with zero attached hydrogens (tertiary/aromatic N) is 2. The van der Waals surface area contributed by atoms with Crippen molar-refractivity contribution in [3.63, 3.8) is 0 Å². The number of halogens is 1. The standard InChI is InChI=1S/C16H19BrN2O2/c1-10(2)21-13-7-5-6-12(8-13)15(20)9-14-16(17)11(3)18-19(14)4/h5-8,10H,9H2,1-4H3. The van der Waals surface area contributed by atoms with Crippen molar-refractivity contribution < 1.29 is 9.53 Å². The Labute approximate surface area is 133 Å². The third kappa shape index (κ3) is 3.73. The molecule has 0 atom stereocenters. The van der Waals surface area contributed by atoms with Gasteiger partial charge >= 0.3 is 0 Å². The van der Waals surface area contributed by atoms with Crippen LogP contribution in [-0.2, 0) is 13.5 Å². The number of ketones is 1. The first-order chi connectivity index (χ1) is 9.88. The quantitative estimate of drug-likeness (QED) is 0.772. The molecule has 1 aromatic heterocycles. The van der Waals surface area contributed by atoms with Crippen LogP contribution in [0.3, 0.4) is 0 Å². The second-order valence-corrected chi connectivity index (χ2v) is 6.06. The molecular weight excluding hydrogens is 332 g/mol. The van der Waals surface area contributed by atoms with E-state index in [2.05, 4.69) is 21.0 Å². The molecule has 2 rings (SSSR count). The highest BCUT2D eigenvalue weighted by Crippen LogP contribution is 2.23. The molecule has 5 heteroatoms. The minimum atomic E-state index is 0.0490. The van der Waals surface area contributed by atoms with Crippen molar-refractivity contribution >= 4 is 21.7 Å². The van der Waals surface area contributed by atoms with Gasteiger partial charge in [0.15, 0.2) is 5.78 Å². The van der Waals surface area contributed by atoms with Gasteiger partial charge < -0.3 is 4.74 Å². The lowest BCUT2D eigenvalue weighted by atomic mass is 10.1. The van der Waals surface area contributed by atoms with Crippen molar-refractivity contribution in [3.05, 3.63) is 45.7 Å². The van der Waals surface area contributed by atoms with Gasteiger partial charge in [0.2, 0.25) is 0 Å². The average molecular weight is 351 g/mol. The molecule has 2 aromatic rings. The van der Waals surface area contributed by atoms with Crippen molar-refractivity contribution in [1.82, 2.24) is 9.78 Å². The van der Waals surface area contributed by atoms with Crippen LogP contribution in [0.2, 0.25) is 0 Å². The summed E-state index contributed by atoms with van der Waals surface area (Å²) in [5.41, 5.74) is 2.42. The first-order valence-electron chi connectivity index (χ1n) is 6.86. The van der Waals surface area contributed by atoms with E-state index in [1.54, 1.807) is 10.7 Å². The van der Waals surface area contributed by atoms with E-state index in [9.17, 15) is 4.79 Å². The maximum Gasteiger partial charge on any atom is 0.168 e. The summed E-state index contributed by atoms with van der Waals surface area (Å²) in [5, 5.41) is 4.31. The van der Waals surface area contributed by atoms with Gasteiger partial charge in [-0.15, -0.1) is 0 Å². The van der Waals surface area contributed by atoms with E-state index in [-0.39, 0.29) is 11.9 Å². The summed E-state index contributed by atoms with van der Waals surface area (Å²) >= 11 is 3.49. The van der Waals surface area contributed by atoms with Crippen LogP contribution in [0.15, 0.2) is 28.7 Å². The zero-order chi connectivity index (χ0) is 15.6. The zero-order valence-electron chi connectivity index (χ0n) is 12.7. The van der Waals surface area contributed by atoms with Crippen LogP contribution in [0.25, 0.3) is 0 Å². The normalized spacial score (nSPS) is 11.0. The highest BCUT2D eigenvalue weighted by atomic mass is 79.9. The van der Waals surface area contributed by atoms with Crippen molar-refractivity contribution in [1.29, 1.82) is 0 Å². The smallest absolute Gasteiger partial charge is 0.168 e. The van der Waals surface area contributed by atoms with Gasteiger partial charge in [0.1, 0.15) is 5.75 Å². The predicted octanol–water partition coefficient (Wildman–Crippen LogP) is 3.70. The van der Waals surface area contributed by atoms with Crippen molar-refractivity contribution in [2.45, 2.75) is 33.3 Å². The number of aryl methyl sites for hydroxylation is 2. The summed E-state index contributed by atoms with van der Waals surface area (Å²) in [6, 6.07) is 7.31. The Morgan fingerprint density at radius 3 is 2.71 bits per heavy atom. The molecule has 0 aliphatic rings. The van der Waals surface area contributed by atoms with Gasteiger partial charge in [-0.25, -0.2) is 0 Å². The van der Waals surface area contributed by atoms with Gasteiger partial charge in [-0.3, -0.25) is 9.48 Å². The van der Waals surface area contributed by atoms with E-state index in [4.69, 9.17) is 4.74 Å². The Morgan fingerprint density at radius 2 is 2.14 bits per heavy atom. The monoisotopic (exact) mass is 350 g/mol. The molecule has 0 bridgehead atoms. The topological polar surface area (TPSA) is 44.1 Å². The largest absolute Gasteiger partial charge is 0.491 e. The molecule has 0 radical (unpaired) electrons. The number of aromatic nitrogens is 2. The fourth-order valence-electron chi connectivity index (χ4n) is 2.14. The van der Waals surface area contributed by atoms with Crippen LogP contribution in [-0.4, -0.2) is 21.7 Å². The molecule has 0 aliphatic heterocycles. The fourth-order valence-corrected chi connectivity index (χ4v) is 2.62. The van der Waals surface area contributed by atoms with E-state index >= 15 is 0 Å². The molecule has 1 aromatic carbocycles. The van der Waals surface area contributed by atoms with Crippen LogP contribution in [0.1, 0.15) is 35.6 Å². The van der Waals surface area contributed by atoms with Crippen LogP contribution in [0.4, 0.5) is 0 Å². The fraction of sp³-hybridized carbons (Fsp3) is 0.375. The van der Waals surface area contributed by atoms with E-state index in [0.29, 0.717) is 12.0 Å². The first kappa shape index (κ1) is 15.8. The predicted molar refractivity (Wildman–Crippen MR) is 85.9 cm³/mol. The molecule has 0 saturated carbocycles. The van der Waals surface area contributed by atoms with Crippen molar-refractivity contribution in [2.24, 2.45) is 7.05 Å². The first-order valence-corrected chi connectivity index (χ1v) is 7.65. The van der Waals surface area contributed by atoms with E-state index in [1.807, 2.05) is 46.0 Å². The number of ether oxygens (including phenoxy) is 1. The second-order valence-electron chi connectivity index (χ2n) is 5.26. The maximum absolute atomic E-state index is 12.4. The van der Waals surface area contributed by atoms with Gasteiger partial charge in [-0.05, 0) is 48.8 Å². The molecule has 0 aliphatic carbocycles.